The van der Waals surface area contributed by atoms with Crippen molar-refractivity contribution < 1.29 is 13.7 Å². The molecule has 26 heavy (non-hydrogen) atoms. The average molecular weight is 352 g/mol. The normalized spacial score (nSPS) is 11.1. The number of furan rings is 1. The summed E-state index contributed by atoms with van der Waals surface area (Å²) >= 11 is 0. The zero-order valence-electron chi connectivity index (χ0n) is 15.7. The minimum atomic E-state index is -0.102. The Morgan fingerprint density at radius 2 is 1.96 bits per heavy atom. The molecule has 0 bridgehead atoms. The smallest absolute Gasteiger partial charge is 0.225 e. The summed E-state index contributed by atoms with van der Waals surface area (Å²) in [6.45, 7) is 8.67. The maximum absolute atomic E-state index is 12.6. The van der Waals surface area contributed by atoms with Gasteiger partial charge in [-0.3, -0.25) is 4.79 Å². The highest BCUT2D eigenvalue weighted by Crippen LogP contribution is 2.26. The van der Waals surface area contributed by atoms with E-state index in [1.54, 1.807) is 11.2 Å². The zero-order valence-corrected chi connectivity index (χ0v) is 15.7. The van der Waals surface area contributed by atoms with Crippen LogP contribution in [0.5, 0.6) is 0 Å². The van der Waals surface area contributed by atoms with E-state index in [0.29, 0.717) is 13.1 Å². The van der Waals surface area contributed by atoms with E-state index >= 15 is 0 Å². The molecule has 5 heteroatoms. The van der Waals surface area contributed by atoms with Gasteiger partial charge in [-0.05, 0) is 37.6 Å². The lowest BCUT2D eigenvalue weighted by atomic mass is 10.0. The summed E-state index contributed by atoms with van der Waals surface area (Å²) in [5, 5.41) is 4.17. The molecule has 0 N–H and O–H groups in total. The summed E-state index contributed by atoms with van der Waals surface area (Å²) in [6, 6.07) is 11.8. The summed E-state index contributed by atoms with van der Waals surface area (Å²) in [5.74, 6) is 1.42. The van der Waals surface area contributed by atoms with Crippen LogP contribution in [0.2, 0.25) is 0 Å². The molecule has 0 saturated heterocycles. The number of carbonyl (C=O) groups is 1. The van der Waals surface area contributed by atoms with Crippen molar-refractivity contribution in [1.29, 1.82) is 0 Å². The van der Waals surface area contributed by atoms with Gasteiger partial charge < -0.3 is 13.8 Å². The molecular weight excluding hydrogens is 328 g/mol. The van der Waals surface area contributed by atoms with E-state index in [-0.39, 0.29) is 11.8 Å². The molecule has 1 amide bonds. The first-order chi connectivity index (χ1) is 12.4. The van der Waals surface area contributed by atoms with Crippen LogP contribution in [0.4, 0.5) is 0 Å². The first kappa shape index (κ1) is 18.0. The van der Waals surface area contributed by atoms with Crippen LogP contribution in [-0.4, -0.2) is 16.0 Å². The van der Waals surface area contributed by atoms with E-state index in [2.05, 4.69) is 23.4 Å². The van der Waals surface area contributed by atoms with Crippen LogP contribution < -0.4 is 0 Å². The van der Waals surface area contributed by atoms with Gasteiger partial charge in [0.1, 0.15) is 11.5 Å². The quantitative estimate of drug-likeness (QED) is 0.643. The minimum absolute atomic E-state index is 0.0534. The predicted octanol–water partition coefficient (Wildman–Crippen LogP) is 4.74. The first-order valence-electron chi connectivity index (χ1n) is 8.78. The van der Waals surface area contributed by atoms with Crippen molar-refractivity contribution in [3.05, 3.63) is 65.2 Å². The maximum atomic E-state index is 12.6. The van der Waals surface area contributed by atoms with Crippen molar-refractivity contribution in [2.24, 2.45) is 5.92 Å². The van der Waals surface area contributed by atoms with Crippen LogP contribution in [0.15, 0.2) is 51.6 Å². The van der Waals surface area contributed by atoms with E-state index in [4.69, 9.17) is 8.94 Å². The molecule has 136 valence electrons. The number of nitrogens with zero attached hydrogens (tertiary/aromatic N) is 2. The van der Waals surface area contributed by atoms with Gasteiger partial charge in [-0.1, -0.05) is 36.7 Å². The highest BCUT2D eigenvalue weighted by Gasteiger charge is 2.21. The van der Waals surface area contributed by atoms with Crippen molar-refractivity contribution in [2.45, 2.75) is 40.8 Å². The number of benzene rings is 1. The van der Waals surface area contributed by atoms with Crippen LogP contribution in [-0.2, 0) is 17.9 Å². The zero-order chi connectivity index (χ0) is 18.7. The molecule has 3 aromatic rings. The van der Waals surface area contributed by atoms with Crippen molar-refractivity contribution >= 4 is 5.91 Å². The topological polar surface area (TPSA) is 59.5 Å². The second-order valence-electron chi connectivity index (χ2n) is 6.93. The molecule has 5 nitrogen and oxygen atoms in total. The fourth-order valence-corrected chi connectivity index (χ4v) is 2.88. The third kappa shape index (κ3) is 4.04. The Balaban J connectivity index is 1.82. The molecule has 2 heterocycles. The third-order valence-electron chi connectivity index (χ3n) is 4.30. The minimum Gasteiger partial charge on any atom is -0.467 e. The molecule has 0 aliphatic rings. The Hall–Kier alpha value is -2.82. The van der Waals surface area contributed by atoms with Gasteiger partial charge in [-0.25, -0.2) is 0 Å². The second kappa shape index (κ2) is 7.60. The fraction of sp³-hybridized carbons (Fsp3) is 0.333. The molecule has 2 aromatic heterocycles. The highest BCUT2D eigenvalue weighted by atomic mass is 16.5. The number of carbonyl (C=O) groups excluding carboxylic acids is 1. The Kier molecular flexibility index (Phi) is 5.26. The number of amides is 1. The number of aromatic nitrogens is 1. The summed E-state index contributed by atoms with van der Waals surface area (Å²) in [7, 11) is 0. The molecule has 0 aliphatic heterocycles. The summed E-state index contributed by atoms with van der Waals surface area (Å²) < 4.78 is 10.9. The van der Waals surface area contributed by atoms with Gasteiger partial charge >= 0.3 is 0 Å². The van der Waals surface area contributed by atoms with Crippen molar-refractivity contribution in [3.8, 4) is 11.3 Å². The fourth-order valence-electron chi connectivity index (χ4n) is 2.88. The van der Waals surface area contributed by atoms with Crippen LogP contribution in [0.3, 0.4) is 0 Å². The summed E-state index contributed by atoms with van der Waals surface area (Å²) in [5.41, 5.74) is 4.04. The van der Waals surface area contributed by atoms with E-state index in [9.17, 15) is 4.79 Å². The SMILES string of the molecule is Cc1ccc(C)c(-c2cc(CN(Cc3ccco3)C(=O)C(C)C)no2)c1. The number of rotatable bonds is 6. The monoisotopic (exact) mass is 352 g/mol. The van der Waals surface area contributed by atoms with Crippen molar-refractivity contribution in [1.82, 2.24) is 10.1 Å². The highest BCUT2D eigenvalue weighted by molar-refractivity contribution is 5.78. The van der Waals surface area contributed by atoms with Crippen LogP contribution in [0.1, 0.15) is 36.4 Å². The Morgan fingerprint density at radius 3 is 2.65 bits per heavy atom. The molecule has 0 aliphatic carbocycles. The standard InChI is InChI=1S/C21H24N2O3/c1-14(2)21(24)23(13-18-6-5-9-25-18)12-17-11-20(26-22-17)19-10-15(3)7-8-16(19)4/h5-11,14H,12-13H2,1-4H3. The molecule has 0 saturated carbocycles. The van der Waals surface area contributed by atoms with E-state index < -0.39 is 0 Å². The Labute approximate surface area is 153 Å². The predicted molar refractivity (Wildman–Crippen MR) is 99.2 cm³/mol. The molecule has 0 radical (unpaired) electrons. The van der Waals surface area contributed by atoms with Crippen molar-refractivity contribution in [2.75, 3.05) is 0 Å². The van der Waals surface area contributed by atoms with Gasteiger partial charge in [-0.2, -0.15) is 0 Å². The van der Waals surface area contributed by atoms with Crippen LogP contribution >= 0.6 is 0 Å². The molecule has 0 spiro atoms. The summed E-state index contributed by atoms with van der Waals surface area (Å²) in [6.07, 6.45) is 1.61. The van der Waals surface area contributed by atoms with Gasteiger partial charge in [0.25, 0.3) is 0 Å². The van der Waals surface area contributed by atoms with Crippen molar-refractivity contribution in [3.63, 3.8) is 0 Å². The first-order valence-corrected chi connectivity index (χ1v) is 8.78. The van der Waals surface area contributed by atoms with Gasteiger partial charge in [-0.15, -0.1) is 0 Å². The Morgan fingerprint density at radius 1 is 1.15 bits per heavy atom. The third-order valence-corrected chi connectivity index (χ3v) is 4.30. The number of aryl methyl sites for hydroxylation is 2. The van der Waals surface area contributed by atoms with E-state index in [0.717, 1.165) is 33.9 Å². The molecule has 0 unspecified atom stereocenters. The molecule has 3 rings (SSSR count). The van der Waals surface area contributed by atoms with Crippen LogP contribution in [0.25, 0.3) is 11.3 Å². The Bertz CT molecular complexity index is 879. The van der Waals surface area contributed by atoms with Gasteiger partial charge in [0.15, 0.2) is 5.76 Å². The number of hydrogen-bond acceptors (Lipinski definition) is 4. The largest absolute Gasteiger partial charge is 0.467 e. The lowest BCUT2D eigenvalue weighted by Gasteiger charge is -2.22. The van der Waals surface area contributed by atoms with Gasteiger partial charge in [0.05, 0.1) is 19.4 Å². The maximum Gasteiger partial charge on any atom is 0.225 e. The van der Waals surface area contributed by atoms with Gasteiger partial charge in [0, 0.05) is 17.5 Å². The summed E-state index contributed by atoms with van der Waals surface area (Å²) in [4.78, 5) is 14.3. The molecule has 0 fully saturated rings. The van der Waals surface area contributed by atoms with Crippen LogP contribution in [0, 0.1) is 19.8 Å². The lowest BCUT2D eigenvalue weighted by molar-refractivity contribution is -0.136. The lowest BCUT2D eigenvalue weighted by Crippen LogP contribution is -2.33. The average Bonchev–Trinajstić information content (AvgIpc) is 3.27. The van der Waals surface area contributed by atoms with Gasteiger partial charge in [0.2, 0.25) is 5.91 Å². The second-order valence-corrected chi connectivity index (χ2v) is 6.93. The molecule has 1 aromatic carbocycles. The van der Waals surface area contributed by atoms with E-state index in [1.165, 1.54) is 0 Å². The molecule has 0 atom stereocenters. The van der Waals surface area contributed by atoms with E-state index in [1.807, 2.05) is 45.9 Å². The number of hydrogen-bond donors (Lipinski definition) is 0. The molecular formula is C21H24N2O3.